The van der Waals surface area contributed by atoms with Gasteiger partial charge in [0, 0.05) is 55.0 Å². The third-order valence-corrected chi connectivity index (χ3v) is 12.4. The van der Waals surface area contributed by atoms with E-state index in [0.29, 0.717) is 17.5 Å². The zero-order chi connectivity index (χ0) is 39.2. The molecule has 0 amide bonds. The Bertz CT molecular complexity index is 3390. The molecule has 0 N–H and O–H groups in total. The fraction of sp³-hybridized carbons (Fsp3) is 0.0556. The molecule has 0 spiro atoms. The summed E-state index contributed by atoms with van der Waals surface area (Å²) < 4.78 is 4.86. The second kappa shape index (κ2) is 12.7. The topological polar surface area (TPSA) is 48.5 Å². The summed E-state index contributed by atoms with van der Waals surface area (Å²) in [5, 5.41) is 4.98. The number of aromatic nitrogens is 5. The van der Waals surface area contributed by atoms with Crippen LogP contribution in [0.1, 0.15) is 25.0 Å². The first-order valence-corrected chi connectivity index (χ1v) is 20.2. The molecule has 0 radical (unpaired) electrons. The molecule has 59 heavy (non-hydrogen) atoms. The quantitative estimate of drug-likeness (QED) is 0.176. The van der Waals surface area contributed by atoms with Crippen molar-refractivity contribution in [3.63, 3.8) is 0 Å². The average Bonchev–Trinajstić information content (AvgIpc) is 3.88. The zero-order valence-electron chi connectivity index (χ0n) is 32.6. The minimum Gasteiger partial charge on any atom is -0.309 e. The third-order valence-electron chi connectivity index (χ3n) is 12.4. The van der Waals surface area contributed by atoms with E-state index in [-0.39, 0.29) is 5.41 Å². The van der Waals surface area contributed by atoms with Crippen LogP contribution in [0, 0.1) is 0 Å². The minimum absolute atomic E-state index is 0.186. The highest BCUT2D eigenvalue weighted by molar-refractivity contribution is 6.19. The number of benzene rings is 8. The Morgan fingerprint density at radius 3 is 1.37 bits per heavy atom. The normalized spacial score (nSPS) is 13.1. The van der Waals surface area contributed by atoms with Crippen molar-refractivity contribution in [1.29, 1.82) is 0 Å². The Morgan fingerprint density at radius 2 is 0.797 bits per heavy atom. The lowest BCUT2D eigenvalue weighted by molar-refractivity contribution is 0.660. The van der Waals surface area contributed by atoms with Gasteiger partial charge in [-0.15, -0.1) is 0 Å². The van der Waals surface area contributed by atoms with E-state index in [4.69, 9.17) is 15.0 Å². The van der Waals surface area contributed by atoms with Gasteiger partial charge >= 0.3 is 0 Å². The summed E-state index contributed by atoms with van der Waals surface area (Å²) in [6, 6.07) is 67.2. The van der Waals surface area contributed by atoms with Gasteiger partial charge in [0.15, 0.2) is 17.5 Å². The lowest BCUT2D eigenvalue weighted by Crippen LogP contribution is -2.15. The number of para-hydroxylation sites is 3. The van der Waals surface area contributed by atoms with Crippen molar-refractivity contribution in [2.45, 2.75) is 19.3 Å². The Kier molecular flexibility index (Phi) is 7.20. The van der Waals surface area contributed by atoms with Gasteiger partial charge in [0.25, 0.3) is 0 Å². The standard InChI is InChI=1S/C54H37N5/c1-54(2)45-28-26-36(53-56-51(34-16-6-3-7-17-34)55-52(57-53)35-18-8-4-9-19-35)30-41(45)42-31-38(27-29-46(42)54)59-48-25-15-13-23-40(48)44-32-43-39-22-12-14-24-47(39)58(49(43)33-50(44)59)37-20-10-5-11-21-37/h3-33H,1-2H3. The second-order valence-electron chi connectivity index (χ2n) is 16.1. The van der Waals surface area contributed by atoms with Crippen LogP contribution in [-0.4, -0.2) is 24.1 Å². The van der Waals surface area contributed by atoms with E-state index in [9.17, 15) is 0 Å². The molecule has 0 bridgehead atoms. The Morgan fingerprint density at radius 1 is 0.339 bits per heavy atom. The van der Waals surface area contributed by atoms with Crippen molar-refractivity contribution in [2.75, 3.05) is 0 Å². The van der Waals surface area contributed by atoms with Crippen LogP contribution in [-0.2, 0) is 5.41 Å². The van der Waals surface area contributed by atoms with E-state index >= 15 is 0 Å². The van der Waals surface area contributed by atoms with Crippen LogP contribution in [0.4, 0.5) is 0 Å². The van der Waals surface area contributed by atoms with Gasteiger partial charge in [-0.05, 0) is 76.9 Å². The Hall–Kier alpha value is -7.63. The highest BCUT2D eigenvalue weighted by Gasteiger charge is 2.36. The van der Waals surface area contributed by atoms with Gasteiger partial charge in [-0.3, -0.25) is 0 Å². The van der Waals surface area contributed by atoms with Gasteiger partial charge in [-0.2, -0.15) is 0 Å². The van der Waals surface area contributed by atoms with Crippen LogP contribution in [0.25, 0.3) is 100 Å². The van der Waals surface area contributed by atoms with E-state index in [1.807, 2.05) is 36.4 Å². The molecular formula is C54H37N5. The first-order valence-electron chi connectivity index (χ1n) is 20.2. The van der Waals surface area contributed by atoms with Gasteiger partial charge < -0.3 is 9.13 Å². The maximum Gasteiger partial charge on any atom is 0.164 e. The summed E-state index contributed by atoms with van der Waals surface area (Å²) in [5.41, 5.74) is 14.8. The molecule has 8 aromatic carbocycles. The summed E-state index contributed by atoms with van der Waals surface area (Å²) in [6.45, 7) is 4.67. The SMILES string of the molecule is CC1(C)c2ccc(-c3nc(-c4ccccc4)nc(-c4ccccc4)n3)cc2-c2cc(-n3c4ccccc4c4cc5c6ccccc6n(-c6ccccc6)c5cc43)ccc21. The maximum atomic E-state index is 5.08. The fourth-order valence-corrected chi connectivity index (χ4v) is 9.54. The highest BCUT2D eigenvalue weighted by atomic mass is 15.0. The van der Waals surface area contributed by atoms with Crippen LogP contribution in [0.2, 0.25) is 0 Å². The summed E-state index contributed by atoms with van der Waals surface area (Å²) >= 11 is 0. The second-order valence-corrected chi connectivity index (χ2v) is 16.1. The molecule has 12 rings (SSSR count). The van der Waals surface area contributed by atoms with Gasteiger partial charge in [-0.25, -0.2) is 15.0 Å². The molecule has 3 aromatic heterocycles. The smallest absolute Gasteiger partial charge is 0.164 e. The average molecular weight is 756 g/mol. The lowest BCUT2D eigenvalue weighted by atomic mass is 9.82. The van der Waals surface area contributed by atoms with Crippen molar-refractivity contribution >= 4 is 43.6 Å². The van der Waals surface area contributed by atoms with Gasteiger partial charge in [0.2, 0.25) is 0 Å². The molecule has 0 saturated heterocycles. The summed E-state index contributed by atoms with van der Waals surface area (Å²) in [7, 11) is 0. The molecule has 11 aromatic rings. The molecule has 0 saturated carbocycles. The summed E-state index contributed by atoms with van der Waals surface area (Å²) in [6.07, 6.45) is 0. The van der Waals surface area contributed by atoms with Crippen LogP contribution < -0.4 is 0 Å². The number of hydrogen-bond acceptors (Lipinski definition) is 3. The molecule has 1 aliphatic carbocycles. The largest absolute Gasteiger partial charge is 0.309 e. The predicted molar refractivity (Wildman–Crippen MR) is 242 cm³/mol. The van der Waals surface area contributed by atoms with Crippen LogP contribution >= 0.6 is 0 Å². The van der Waals surface area contributed by atoms with E-state index in [2.05, 4.69) is 175 Å². The number of fused-ring (bicyclic) bond motifs is 9. The van der Waals surface area contributed by atoms with Crippen LogP contribution in [0.3, 0.4) is 0 Å². The Balaban J connectivity index is 1.07. The molecule has 0 unspecified atom stereocenters. The fourth-order valence-electron chi connectivity index (χ4n) is 9.54. The molecule has 0 fully saturated rings. The van der Waals surface area contributed by atoms with E-state index in [1.165, 1.54) is 65.9 Å². The zero-order valence-corrected chi connectivity index (χ0v) is 32.6. The number of rotatable bonds is 5. The lowest BCUT2D eigenvalue weighted by Gasteiger charge is -2.21. The molecular weight excluding hydrogens is 719 g/mol. The molecule has 0 atom stereocenters. The third kappa shape index (κ3) is 5.08. The molecule has 5 heteroatoms. The molecule has 5 nitrogen and oxygen atoms in total. The maximum absolute atomic E-state index is 5.08. The Labute approximate surface area is 341 Å². The van der Waals surface area contributed by atoms with Crippen molar-refractivity contribution in [2.24, 2.45) is 0 Å². The monoisotopic (exact) mass is 755 g/mol. The van der Waals surface area contributed by atoms with Gasteiger partial charge in [0.05, 0.1) is 22.1 Å². The van der Waals surface area contributed by atoms with E-state index in [0.717, 1.165) is 28.1 Å². The van der Waals surface area contributed by atoms with Gasteiger partial charge in [-0.1, -0.05) is 147 Å². The van der Waals surface area contributed by atoms with Crippen molar-refractivity contribution in [1.82, 2.24) is 24.1 Å². The van der Waals surface area contributed by atoms with Gasteiger partial charge in [0.1, 0.15) is 0 Å². The first-order chi connectivity index (χ1) is 29.0. The van der Waals surface area contributed by atoms with Crippen molar-refractivity contribution in [3.05, 3.63) is 199 Å². The van der Waals surface area contributed by atoms with E-state index in [1.54, 1.807) is 0 Å². The summed E-state index contributed by atoms with van der Waals surface area (Å²) in [5.74, 6) is 1.97. The molecule has 278 valence electrons. The first kappa shape index (κ1) is 33.5. The minimum atomic E-state index is -0.186. The summed E-state index contributed by atoms with van der Waals surface area (Å²) in [4.78, 5) is 15.1. The van der Waals surface area contributed by atoms with E-state index < -0.39 is 0 Å². The molecule has 0 aliphatic heterocycles. The predicted octanol–water partition coefficient (Wildman–Crippen LogP) is 13.4. The molecule has 3 heterocycles. The van der Waals surface area contributed by atoms with Crippen molar-refractivity contribution < 1.29 is 0 Å². The van der Waals surface area contributed by atoms with Crippen LogP contribution in [0.5, 0.6) is 0 Å². The molecule has 1 aliphatic rings. The van der Waals surface area contributed by atoms with Crippen LogP contribution in [0.15, 0.2) is 188 Å². The number of hydrogen-bond donors (Lipinski definition) is 0. The van der Waals surface area contributed by atoms with Crippen molar-refractivity contribution in [3.8, 4) is 56.7 Å². The highest BCUT2D eigenvalue weighted by Crippen LogP contribution is 2.51. The number of nitrogens with zero attached hydrogens (tertiary/aromatic N) is 5.